The van der Waals surface area contributed by atoms with E-state index in [0.717, 1.165) is 38.5 Å². The quantitative estimate of drug-likeness (QED) is 0.0441. The van der Waals surface area contributed by atoms with E-state index in [4.69, 9.17) is 0 Å². The molecule has 0 bridgehead atoms. The molecule has 0 aliphatic rings. The second-order valence-electron chi connectivity index (χ2n) is 12.8. The topological polar surface area (TPSA) is 89.8 Å². The molecule has 0 saturated carbocycles. The zero-order valence-corrected chi connectivity index (χ0v) is 28.6. The van der Waals surface area contributed by atoms with Crippen LogP contribution in [-0.4, -0.2) is 46.1 Å². The summed E-state index contributed by atoms with van der Waals surface area (Å²) in [5.74, 6) is -0.327. The van der Waals surface area contributed by atoms with Gasteiger partial charge in [0.1, 0.15) is 0 Å². The van der Waals surface area contributed by atoms with Crippen LogP contribution < -0.4 is 5.32 Å². The van der Waals surface area contributed by atoms with E-state index in [1.165, 1.54) is 122 Å². The van der Waals surface area contributed by atoms with E-state index in [0.29, 0.717) is 6.42 Å². The van der Waals surface area contributed by atoms with Gasteiger partial charge in [-0.1, -0.05) is 160 Å². The smallest absolute Gasteiger partial charge is 0.222 e. The van der Waals surface area contributed by atoms with Crippen LogP contribution in [0, 0.1) is 0 Å². The number of carbonyl (C=O) groups excluding carboxylic acids is 1. The van der Waals surface area contributed by atoms with Crippen molar-refractivity contribution in [2.24, 2.45) is 0 Å². The second kappa shape index (κ2) is 33.7. The molecule has 0 aromatic carbocycles. The minimum Gasteiger partial charge on any atom is -0.394 e. The molecule has 5 nitrogen and oxygen atoms in total. The van der Waals surface area contributed by atoms with Crippen molar-refractivity contribution in [2.45, 2.75) is 205 Å². The molecular weight excluding hydrogens is 534 g/mol. The summed E-state index contributed by atoms with van der Waals surface area (Å²) in [6.45, 7) is 4.16. The number of carbonyl (C=O) groups is 1. The number of hydrogen-bond donors (Lipinski definition) is 4. The zero-order valence-electron chi connectivity index (χ0n) is 28.6. The van der Waals surface area contributed by atoms with E-state index in [1.54, 1.807) is 6.08 Å². The summed E-state index contributed by atoms with van der Waals surface area (Å²) in [7, 11) is 0. The van der Waals surface area contributed by atoms with Crippen LogP contribution in [0.2, 0.25) is 0 Å². The Balaban J connectivity index is 3.72. The molecule has 0 aliphatic carbocycles. The Labute approximate surface area is 267 Å². The number of amides is 1. The summed E-state index contributed by atoms with van der Waals surface area (Å²) in [6, 6.07) is -0.745. The number of allylic oxidation sites excluding steroid dienone is 3. The fraction of sp³-hybridized carbons (Fsp3) is 0.868. The van der Waals surface area contributed by atoms with Gasteiger partial charge in [-0.2, -0.15) is 0 Å². The van der Waals surface area contributed by atoms with Gasteiger partial charge in [0.05, 0.1) is 31.3 Å². The molecule has 4 N–H and O–H groups in total. The minimum atomic E-state index is -0.929. The number of aliphatic hydroxyl groups excluding tert-OH is 3. The Morgan fingerprint density at radius 3 is 1.47 bits per heavy atom. The maximum Gasteiger partial charge on any atom is 0.222 e. The van der Waals surface area contributed by atoms with Crippen molar-refractivity contribution in [3.63, 3.8) is 0 Å². The Hall–Kier alpha value is -1.17. The Bertz CT molecular complexity index is 635. The largest absolute Gasteiger partial charge is 0.394 e. The number of rotatable bonds is 33. The first-order valence-electron chi connectivity index (χ1n) is 18.6. The molecule has 0 fully saturated rings. The van der Waals surface area contributed by atoms with Crippen LogP contribution in [0.3, 0.4) is 0 Å². The fourth-order valence-electron chi connectivity index (χ4n) is 5.57. The molecule has 0 aromatic heterocycles. The van der Waals surface area contributed by atoms with Crippen LogP contribution in [0.5, 0.6) is 0 Å². The number of unbranched alkanes of at least 4 members (excludes halogenated alkanes) is 22. The lowest BCUT2D eigenvalue weighted by Crippen LogP contribution is -2.45. The molecule has 0 saturated heterocycles. The van der Waals surface area contributed by atoms with E-state index in [1.807, 2.05) is 6.08 Å². The van der Waals surface area contributed by atoms with E-state index < -0.39 is 18.2 Å². The average Bonchev–Trinajstić information content (AvgIpc) is 3.00. The molecule has 3 unspecified atom stereocenters. The van der Waals surface area contributed by atoms with Crippen molar-refractivity contribution >= 4 is 5.91 Å². The lowest BCUT2D eigenvalue weighted by molar-refractivity contribution is -0.124. The molecule has 254 valence electrons. The van der Waals surface area contributed by atoms with Gasteiger partial charge in [0.15, 0.2) is 0 Å². The molecule has 0 spiro atoms. The highest BCUT2D eigenvalue weighted by atomic mass is 16.3. The van der Waals surface area contributed by atoms with Crippen LogP contribution in [-0.2, 0) is 4.79 Å². The standard InChI is InChI=1S/C38H73NO4/c1-3-5-7-9-11-13-15-16-17-18-19-20-21-22-24-26-28-30-32-37(42)36(34-40)39-38(43)33-35(41)31-29-27-25-23-14-12-10-8-6-4-2/h12,14,30,32,35-37,40-42H,3-11,13,15-29,31,33-34H2,1-2H3,(H,39,43)/b14-12-,32-30+. The summed E-state index contributed by atoms with van der Waals surface area (Å²) < 4.78 is 0. The van der Waals surface area contributed by atoms with Gasteiger partial charge in [-0.25, -0.2) is 0 Å². The van der Waals surface area contributed by atoms with Gasteiger partial charge in [-0.15, -0.1) is 0 Å². The third-order valence-electron chi connectivity index (χ3n) is 8.48. The van der Waals surface area contributed by atoms with Gasteiger partial charge in [0.25, 0.3) is 0 Å². The van der Waals surface area contributed by atoms with Crippen LogP contribution in [0.15, 0.2) is 24.3 Å². The second-order valence-corrected chi connectivity index (χ2v) is 12.8. The van der Waals surface area contributed by atoms with Gasteiger partial charge in [0.2, 0.25) is 5.91 Å². The lowest BCUT2D eigenvalue weighted by atomic mass is 10.0. The van der Waals surface area contributed by atoms with Crippen LogP contribution in [0.1, 0.15) is 187 Å². The predicted octanol–water partition coefficient (Wildman–Crippen LogP) is 9.87. The van der Waals surface area contributed by atoms with E-state index >= 15 is 0 Å². The van der Waals surface area contributed by atoms with Crippen molar-refractivity contribution in [2.75, 3.05) is 6.61 Å². The molecule has 0 aliphatic heterocycles. The molecule has 0 rings (SSSR count). The average molecular weight is 608 g/mol. The van der Waals surface area contributed by atoms with E-state index in [-0.39, 0.29) is 18.9 Å². The van der Waals surface area contributed by atoms with Gasteiger partial charge >= 0.3 is 0 Å². The summed E-state index contributed by atoms with van der Waals surface area (Å²) in [6.07, 6.45) is 38.8. The highest BCUT2D eigenvalue weighted by Gasteiger charge is 2.20. The van der Waals surface area contributed by atoms with Crippen LogP contribution in [0.4, 0.5) is 0 Å². The predicted molar refractivity (Wildman–Crippen MR) is 185 cm³/mol. The molecule has 0 radical (unpaired) electrons. The van der Waals surface area contributed by atoms with E-state index in [2.05, 4.69) is 31.3 Å². The molecule has 43 heavy (non-hydrogen) atoms. The Morgan fingerprint density at radius 2 is 0.977 bits per heavy atom. The molecule has 3 atom stereocenters. The zero-order chi connectivity index (χ0) is 31.6. The lowest BCUT2D eigenvalue weighted by Gasteiger charge is -2.21. The molecule has 1 amide bonds. The van der Waals surface area contributed by atoms with Crippen molar-refractivity contribution in [1.82, 2.24) is 5.32 Å². The van der Waals surface area contributed by atoms with Gasteiger partial charge in [-0.05, 0) is 44.9 Å². The molecule has 0 aromatic rings. The Kier molecular flexibility index (Phi) is 32.8. The fourth-order valence-corrected chi connectivity index (χ4v) is 5.57. The Morgan fingerprint density at radius 1 is 0.581 bits per heavy atom. The van der Waals surface area contributed by atoms with Crippen molar-refractivity contribution in [1.29, 1.82) is 0 Å². The number of hydrogen-bond acceptors (Lipinski definition) is 4. The van der Waals surface area contributed by atoms with Gasteiger partial charge in [0, 0.05) is 0 Å². The highest BCUT2D eigenvalue weighted by molar-refractivity contribution is 5.76. The van der Waals surface area contributed by atoms with Crippen molar-refractivity contribution < 1.29 is 20.1 Å². The van der Waals surface area contributed by atoms with Gasteiger partial charge in [-0.3, -0.25) is 4.79 Å². The van der Waals surface area contributed by atoms with Crippen LogP contribution in [0.25, 0.3) is 0 Å². The first-order valence-corrected chi connectivity index (χ1v) is 18.6. The highest BCUT2D eigenvalue weighted by Crippen LogP contribution is 2.14. The maximum absolute atomic E-state index is 12.3. The maximum atomic E-state index is 12.3. The SMILES string of the molecule is CCCCC/C=C\CCCCCC(O)CC(=O)NC(CO)C(O)/C=C/CCCCCCCCCCCCCCCCCC. The summed E-state index contributed by atoms with van der Waals surface area (Å²) in [5, 5.41) is 33.0. The third-order valence-corrected chi connectivity index (χ3v) is 8.48. The first kappa shape index (κ1) is 41.8. The molecule has 5 heteroatoms. The molecular formula is C38H73NO4. The third kappa shape index (κ3) is 30.6. The van der Waals surface area contributed by atoms with E-state index in [9.17, 15) is 20.1 Å². The normalized spacial score (nSPS) is 14.1. The first-order chi connectivity index (χ1) is 21.0. The van der Waals surface area contributed by atoms with Crippen molar-refractivity contribution in [3.8, 4) is 0 Å². The summed E-state index contributed by atoms with van der Waals surface area (Å²) >= 11 is 0. The van der Waals surface area contributed by atoms with Crippen LogP contribution >= 0.6 is 0 Å². The number of nitrogens with one attached hydrogen (secondary N) is 1. The molecule has 0 heterocycles. The van der Waals surface area contributed by atoms with Crippen molar-refractivity contribution in [3.05, 3.63) is 24.3 Å². The number of aliphatic hydroxyl groups is 3. The monoisotopic (exact) mass is 608 g/mol. The summed E-state index contributed by atoms with van der Waals surface area (Å²) in [5.41, 5.74) is 0. The minimum absolute atomic E-state index is 0.00343. The van der Waals surface area contributed by atoms with Gasteiger partial charge < -0.3 is 20.6 Å². The summed E-state index contributed by atoms with van der Waals surface area (Å²) in [4.78, 5) is 12.3.